The number of rotatable bonds is 92. The molecule has 0 radical (unpaired) electrons. The highest BCUT2D eigenvalue weighted by Gasteiger charge is 2.33. The number of ether oxygens (including phenoxy) is 4. The van der Waals surface area contributed by atoms with Gasteiger partial charge in [-0.15, -0.1) is 0 Å². The first-order valence-corrected chi connectivity index (χ1v) is 53.3. The van der Waals surface area contributed by atoms with Gasteiger partial charge in [-0.05, 0) is 25.7 Å². The molecule has 18 heteroatoms. The Bertz CT molecular complexity index is 1820. The molecule has 112 heavy (non-hydrogen) atoms. The normalized spacial score (nSPS) is 13.7. The lowest BCUT2D eigenvalue weighted by Crippen LogP contribution is -2.63. The quantitative estimate of drug-likeness (QED) is 0.0255. The van der Waals surface area contributed by atoms with Crippen molar-refractivity contribution in [2.24, 2.45) is 0 Å². The van der Waals surface area contributed by atoms with Gasteiger partial charge in [-0.3, -0.25) is 28.8 Å². The lowest BCUT2D eigenvalue weighted by molar-refractivity contribution is -0.146. The smallest absolute Gasteiger partial charge is 0.307 e. The van der Waals surface area contributed by atoms with Crippen LogP contribution in [-0.2, 0) is 47.7 Å². The average Bonchev–Trinajstić information content (AvgIpc) is 0.853. The molecule has 14 nitrogen and oxygen atoms in total. The zero-order chi connectivity index (χ0) is 80.8. The highest BCUT2D eigenvalue weighted by Crippen LogP contribution is 2.27. The maximum absolute atomic E-state index is 13.4. The molecule has 0 spiro atoms. The molecule has 1 fully saturated rings. The molecule has 1 saturated heterocycles. The summed E-state index contributed by atoms with van der Waals surface area (Å²) in [7, 11) is 6.31. The van der Waals surface area contributed by atoms with Crippen molar-refractivity contribution in [3.63, 3.8) is 0 Å². The number of unbranched alkanes of at least 4 members (excludes halogenated alkanes) is 60. The van der Waals surface area contributed by atoms with Crippen molar-refractivity contribution < 1.29 is 47.7 Å². The Morgan fingerprint density at radius 1 is 0.241 bits per heavy atom. The summed E-state index contributed by atoms with van der Waals surface area (Å²) in [5.41, 5.74) is 0. The van der Waals surface area contributed by atoms with E-state index in [0.29, 0.717) is 88.7 Å². The monoisotopic (exact) mass is 1650 g/mol. The Kier molecular flexibility index (Phi) is 85.4. The molecule has 2 amide bonds. The maximum Gasteiger partial charge on any atom is 0.307 e. The third-order valence-corrected chi connectivity index (χ3v) is 27.2. The molecule has 0 aromatic carbocycles. The molecular weight excluding hydrogens is 1470 g/mol. The van der Waals surface area contributed by atoms with Crippen LogP contribution in [0.1, 0.15) is 464 Å². The molecule has 1 aliphatic rings. The van der Waals surface area contributed by atoms with Crippen LogP contribution in [0.2, 0.25) is 0 Å². The van der Waals surface area contributed by atoms with E-state index in [1.807, 2.05) is 0 Å². The summed E-state index contributed by atoms with van der Waals surface area (Å²) in [5, 5.41) is 5.94. The number of amides is 2. The van der Waals surface area contributed by atoms with Crippen molar-refractivity contribution in [2.75, 3.05) is 88.7 Å². The van der Waals surface area contributed by atoms with E-state index in [9.17, 15) is 28.8 Å². The largest absolute Gasteiger partial charge is 0.466 e. The molecule has 0 aromatic heterocycles. The summed E-state index contributed by atoms with van der Waals surface area (Å²) < 4.78 is 22.8. The number of hydrogen-bond donors (Lipinski definition) is 2. The summed E-state index contributed by atoms with van der Waals surface area (Å²) >= 11 is 0. The van der Waals surface area contributed by atoms with Crippen LogP contribution in [-0.4, -0.2) is 146 Å². The van der Waals surface area contributed by atoms with Crippen LogP contribution in [0.4, 0.5) is 0 Å². The van der Waals surface area contributed by atoms with E-state index in [4.69, 9.17) is 18.9 Å². The third-order valence-electron chi connectivity index (χ3n) is 22.5. The predicted molar refractivity (Wildman–Crippen MR) is 487 cm³/mol. The highest BCUT2D eigenvalue weighted by atomic mass is 33.1. The van der Waals surface area contributed by atoms with Gasteiger partial charge in [0.15, 0.2) is 0 Å². The van der Waals surface area contributed by atoms with Crippen molar-refractivity contribution in [2.45, 2.75) is 476 Å². The number of carbonyl (C=O) groups is 6. The van der Waals surface area contributed by atoms with Crippen molar-refractivity contribution in [1.29, 1.82) is 0 Å². The van der Waals surface area contributed by atoms with Crippen LogP contribution < -0.4 is 10.6 Å². The Labute approximate surface area is 707 Å². The van der Waals surface area contributed by atoms with E-state index in [-0.39, 0.29) is 61.4 Å². The molecule has 0 aromatic rings. The van der Waals surface area contributed by atoms with E-state index in [0.717, 1.165) is 51.4 Å². The van der Waals surface area contributed by atoms with Gasteiger partial charge in [0.05, 0.1) is 52.1 Å². The molecule has 1 rings (SSSR count). The van der Waals surface area contributed by atoms with Gasteiger partial charge in [0.1, 0.15) is 12.1 Å². The van der Waals surface area contributed by atoms with Crippen molar-refractivity contribution >= 4 is 78.9 Å². The minimum atomic E-state index is -0.655. The Hall–Kier alpha value is -1.86. The number of nitrogens with zero attached hydrogens (tertiary/aromatic N) is 2. The second kappa shape index (κ2) is 88.4. The Balaban J connectivity index is 2.59. The number of hydrogen-bond acceptors (Lipinski definition) is 16. The molecule has 0 bridgehead atoms. The van der Waals surface area contributed by atoms with E-state index < -0.39 is 12.1 Å². The van der Waals surface area contributed by atoms with Gasteiger partial charge in [0.2, 0.25) is 11.8 Å². The van der Waals surface area contributed by atoms with Gasteiger partial charge in [0, 0.05) is 62.3 Å². The van der Waals surface area contributed by atoms with Gasteiger partial charge < -0.3 is 39.4 Å². The van der Waals surface area contributed by atoms with E-state index >= 15 is 0 Å². The molecule has 2 N–H and O–H groups in total. The van der Waals surface area contributed by atoms with Crippen LogP contribution in [0, 0.1) is 0 Å². The van der Waals surface area contributed by atoms with Gasteiger partial charge in [-0.1, -0.05) is 456 Å². The summed E-state index contributed by atoms with van der Waals surface area (Å²) in [5.74, 6) is 1.00. The first-order chi connectivity index (χ1) is 55.1. The fourth-order valence-electron chi connectivity index (χ4n) is 14.9. The van der Waals surface area contributed by atoms with Gasteiger partial charge in [-0.25, -0.2) is 0 Å². The second-order valence-electron chi connectivity index (χ2n) is 33.1. The fourth-order valence-corrected chi connectivity index (χ4v) is 19.3. The lowest BCUT2D eigenvalue weighted by Gasteiger charge is -2.29. The minimum absolute atomic E-state index is 0.198. The zero-order valence-corrected chi connectivity index (χ0v) is 77.0. The molecule has 1 heterocycles. The minimum Gasteiger partial charge on any atom is -0.466 e. The van der Waals surface area contributed by atoms with E-state index in [2.05, 4.69) is 48.1 Å². The second-order valence-corrected chi connectivity index (χ2v) is 38.4. The zero-order valence-electron chi connectivity index (χ0n) is 73.7. The Morgan fingerprint density at radius 2 is 0.402 bits per heavy atom. The van der Waals surface area contributed by atoms with Crippen molar-refractivity contribution in [3.8, 4) is 0 Å². The lowest BCUT2D eigenvalue weighted by atomic mass is 10.0. The van der Waals surface area contributed by atoms with Crippen LogP contribution in [0.15, 0.2) is 0 Å². The average molecular weight is 1650 g/mol. The summed E-state index contributed by atoms with van der Waals surface area (Å²) in [4.78, 5) is 83.1. The first-order valence-electron chi connectivity index (χ1n) is 48.3. The van der Waals surface area contributed by atoms with Gasteiger partial charge >= 0.3 is 23.9 Å². The van der Waals surface area contributed by atoms with Crippen LogP contribution >= 0.6 is 43.2 Å². The molecule has 0 saturated carbocycles. The number of esters is 4. The van der Waals surface area contributed by atoms with Crippen LogP contribution in [0.25, 0.3) is 0 Å². The van der Waals surface area contributed by atoms with Crippen molar-refractivity contribution in [1.82, 2.24) is 20.4 Å². The topological polar surface area (TPSA) is 170 Å². The first kappa shape index (κ1) is 108. The summed E-state index contributed by atoms with van der Waals surface area (Å²) in [6.07, 6.45) is 84.1. The molecule has 660 valence electrons. The molecule has 2 unspecified atom stereocenters. The number of nitrogens with one attached hydrogen (secondary N) is 2. The number of carbonyl (C=O) groups excluding carboxylic acids is 6. The Morgan fingerprint density at radius 3 is 0.571 bits per heavy atom. The van der Waals surface area contributed by atoms with E-state index in [1.54, 1.807) is 21.6 Å². The SMILES string of the molecule is CCCCCCCCCCCCCCCCCCOC(=O)CCN(CCSSCC1NC(=O)C(CSSCCN(CCC(=O)OCCCCCCCCCCCCCCCCCC)CCC(=O)OCCCCCCCCCCCCCCCCCC)NC1=O)CCC(=O)OCCCCCCCCCCCCCCCCCC. The third kappa shape index (κ3) is 78.0. The molecule has 2 atom stereocenters. The van der Waals surface area contributed by atoms with E-state index in [1.165, 1.54) is 381 Å². The van der Waals surface area contributed by atoms with Gasteiger partial charge in [-0.2, -0.15) is 0 Å². The molecular formula is C94H180N4O10S4. The van der Waals surface area contributed by atoms with Crippen LogP contribution in [0.5, 0.6) is 0 Å². The fraction of sp³-hybridized carbons (Fsp3) is 0.936. The molecule has 1 aliphatic heterocycles. The summed E-state index contributed by atoms with van der Waals surface area (Å²) in [6, 6.07) is -1.31. The van der Waals surface area contributed by atoms with Crippen molar-refractivity contribution in [3.05, 3.63) is 0 Å². The standard InChI is InChI=1S/C94H180N4O10S4/c1-5-9-13-17-21-25-29-33-37-41-45-49-53-57-61-65-79-105-89(99)69-73-97(74-70-90(100)106-80-66-62-58-54-50-46-42-38-34-30-26-22-18-14-10-6-2)77-83-109-111-85-87-93(103)96-88(94(104)95-87)86-112-110-84-78-98(75-71-91(101)107-81-67-63-59-55-51-47-43-39-35-31-27-23-19-15-11-7-3)76-72-92(102)108-82-68-64-60-56-52-48-44-40-36-32-28-24-20-16-12-8-4/h87-88H,5-86H2,1-4H3,(H,95,104)(H,96,103). The summed E-state index contributed by atoms with van der Waals surface area (Å²) in [6.45, 7) is 14.1. The number of piperazine rings is 1. The highest BCUT2D eigenvalue weighted by molar-refractivity contribution is 8.77. The predicted octanol–water partition coefficient (Wildman–Crippen LogP) is 27.1. The van der Waals surface area contributed by atoms with Gasteiger partial charge in [0.25, 0.3) is 0 Å². The van der Waals surface area contributed by atoms with Crippen LogP contribution in [0.3, 0.4) is 0 Å². The molecule has 0 aliphatic carbocycles. The maximum atomic E-state index is 13.4.